The molecule has 1 fully saturated rings. The lowest BCUT2D eigenvalue weighted by atomic mass is 9.94. The van der Waals surface area contributed by atoms with E-state index in [0.29, 0.717) is 18.1 Å². The maximum atomic E-state index is 12.4. The molecule has 1 saturated heterocycles. The molecule has 0 radical (unpaired) electrons. The number of rotatable bonds is 5. The summed E-state index contributed by atoms with van der Waals surface area (Å²) in [7, 11) is -3.36. The molecular weight excluding hydrogens is 302 g/mol. The Morgan fingerprint density at radius 1 is 1.35 bits per heavy atom. The molecule has 20 heavy (non-hydrogen) atoms. The van der Waals surface area contributed by atoms with Gasteiger partial charge in [-0.2, -0.15) is 11.8 Å². The Balaban J connectivity index is 2.96. The average molecular weight is 323 g/mol. The Morgan fingerprint density at radius 3 is 2.45 bits per heavy atom. The molecule has 3 atom stereocenters. The fourth-order valence-electron chi connectivity index (χ4n) is 2.01. The van der Waals surface area contributed by atoms with E-state index < -0.39 is 33.0 Å². The Labute approximate surface area is 123 Å². The lowest BCUT2D eigenvalue weighted by molar-refractivity contribution is -0.149. The minimum absolute atomic E-state index is 0.0229. The van der Waals surface area contributed by atoms with Crippen molar-refractivity contribution >= 4 is 33.5 Å². The molecular formula is C12H21NO5S2. The Kier molecular flexibility index (Phi) is 5.88. The van der Waals surface area contributed by atoms with Crippen molar-refractivity contribution in [1.82, 2.24) is 4.90 Å². The normalized spacial score (nSPS) is 23.1. The number of sulfone groups is 1. The molecule has 0 aromatic rings. The molecule has 1 amide bonds. The molecule has 1 aliphatic rings. The second kappa shape index (κ2) is 6.80. The van der Waals surface area contributed by atoms with Gasteiger partial charge in [-0.1, -0.05) is 20.8 Å². The number of hydrogen-bond acceptors (Lipinski definition) is 5. The van der Waals surface area contributed by atoms with Crippen LogP contribution in [0.25, 0.3) is 0 Å². The molecule has 0 bridgehead atoms. The number of aliphatic carboxylic acids is 1. The summed E-state index contributed by atoms with van der Waals surface area (Å²) in [5.74, 6) is -1.99. The molecule has 8 heteroatoms. The number of carbonyl (C=O) groups is 2. The number of carboxylic acids is 1. The second-order valence-electron chi connectivity index (χ2n) is 4.93. The molecule has 0 aromatic heterocycles. The smallest absolute Gasteiger partial charge is 0.307 e. The van der Waals surface area contributed by atoms with E-state index >= 15 is 0 Å². The summed E-state index contributed by atoms with van der Waals surface area (Å²) in [5, 5.41) is 8.15. The lowest BCUT2D eigenvalue weighted by Crippen LogP contribution is -2.53. The van der Waals surface area contributed by atoms with Crippen LogP contribution in [-0.2, 0) is 19.4 Å². The van der Waals surface area contributed by atoms with Gasteiger partial charge in [0.05, 0.1) is 5.92 Å². The predicted molar refractivity (Wildman–Crippen MR) is 78.3 cm³/mol. The first-order valence-corrected chi connectivity index (χ1v) is 9.42. The first-order chi connectivity index (χ1) is 9.22. The highest BCUT2D eigenvalue weighted by molar-refractivity contribution is 8.01. The summed E-state index contributed by atoms with van der Waals surface area (Å²) in [6, 6.07) is 0. The van der Waals surface area contributed by atoms with E-state index in [2.05, 4.69) is 0 Å². The first kappa shape index (κ1) is 17.3. The van der Waals surface area contributed by atoms with Crippen molar-refractivity contribution in [2.24, 2.45) is 11.8 Å². The molecule has 0 spiro atoms. The van der Waals surface area contributed by atoms with Crippen LogP contribution in [0.15, 0.2) is 0 Å². The first-order valence-electron chi connectivity index (χ1n) is 6.55. The summed E-state index contributed by atoms with van der Waals surface area (Å²) in [6.07, 6.45) is 0. The highest BCUT2D eigenvalue weighted by Crippen LogP contribution is 2.25. The van der Waals surface area contributed by atoms with Gasteiger partial charge in [-0.25, -0.2) is 8.42 Å². The van der Waals surface area contributed by atoms with Gasteiger partial charge >= 0.3 is 5.97 Å². The minimum Gasteiger partial charge on any atom is -0.481 e. The maximum absolute atomic E-state index is 12.4. The van der Waals surface area contributed by atoms with E-state index in [0.717, 1.165) is 0 Å². The third-order valence-electron chi connectivity index (χ3n) is 3.71. The van der Waals surface area contributed by atoms with Gasteiger partial charge in [0, 0.05) is 29.7 Å². The van der Waals surface area contributed by atoms with Crippen LogP contribution in [-0.4, -0.2) is 59.5 Å². The van der Waals surface area contributed by atoms with Crippen molar-refractivity contribution in [2.75, 3.05) is 23.8 Å². The zero-order chi connectivity index (χ0) is 15.5. The van der Waals surface area contributed by atoms with E-state index in [4.69, 9.17) is 5.11 Å². The summed E-state index contributed by atoms with van der Waals surface area (Å²) in [5.41, 5.74) is 0. The summed E-state index contributed by atoms with van der Waals surface area (Å²) >= 11 is 1.50. The van der Waals surface area contributed by atoms with E-state index in [1.165, 1.54) is 23.6 Å². The zero-order valence-electron chi connectivity index (χ0n) is 11.9. The Morgan fingerprint density at radius 2 is 1.95 bits per heavy atom. The molecule has 1 rings (SSSR count). The number of carboxylic acid groups (broad SMARTS) is 1. The lowest BCUT2D eigenvalue weighted by Gasteiger charge is -2.36. The van der Waals surface area contributed by atoms with Crippen LogP contribution in [0.2, 0.25) is 0 Å². The van der Waals surface area contributed by atoms with Gasteiger partial charge in [-0.15, -0.1) is 0 Å². The minimum atomic E-state index is -3.36. The third-order valence-corrected chi connectivity index (χ3v) is 7.00. The topological polar surface area (TPSA) is 91.8 Å². The van der Waals surface area contributed by atoms with Gasteiger partial charge in [0.25, 0.3) is 0 Å². The molecule has 3 unspecified atom stereocenters. The number of thioether (sulfide) groups is 1. The molecule has 1 N–H and O–H groups in total. The largest absolute Gasteiger partial charge is 0.481 e. The van der Waals surface area contributed by atoms with Crippen LogP contribution in [0, 0.1) is 11.8 Å². The molecule has 1 heterocycles. The Bertz CT molecular complexity index is 476. The molecule has 1 aliphatic heterocycles. The maximum Gasteiger partial charge on any atom is 0.307 e. The summed E-state index contributed by atoms with van der Waals surface area (Å²) < 4.78 is 24.1. The SMILES string of the molecule is CCS(=O)(=O)C1CSCCN1C(=O)C(C)C(C)C(=O)O. The van der Waals surface area contributed by atoms with Crippen LogP contribution >= 0.6 is 11.8 Å². The monoisotopic (exact) mass is 323 g/mol. The number of nitrogens with zero attached hydrogens (tertiary/aromatic N) is 1. The van der Waals surface area contributed by atoms with Gasteiger partial charge < -0.3 is 10.0 Å². The van der Waals surface area contributed by atoms with Crippen molar-refractivity contribution in [3.05, 3.63) is 0 Å². The van der Waals surface area contributed by atoms with Crippen LogP contribution in [0.3, 0.4) is 0 Å². The van der Waals surface area contributed by atoms with Gasteiger partial charge in [0.15, 0.2) is 9.84 Å². The van der Waals surface area contributed by atoms with E-state index in [9.17, 15) is 18.0 Å². The summed E-state index contributed by atoms with van der Waals surface area (Å²) in [6.45, 7) is 4.91. The van der Waals surface area contributed by atoms with E-state index in [1.54, 1.807) is 13.8 Å². The van der Waals surface area contributed by atoms with Crippen molar-refractivity contribution in [1.29, 1.82) is 0 Å². The van der Waals surface area contributed by atoms with Crippen LogP contribution in [0.4, 0.5) is 0 Å². The molecule has 116 valence electrons. The van der Waals surface area contributed by atoms with E-state index in [-0.39, 0.29) is 11.7 Å². The zero-order valence-corrected chi connectivity index (χ0v) is 13.5. The van der Waals surface area contributed by atoms with Crippen molar-refractivity contribution < 1.29 is 23.1 Å². The predicted octanol–water partition coefficient (Wildman–Crippen LogP) is 0.679. The van der Waals surface area contributed by atoms with E-state index in [1.807, 2.05) is 0 Å². The quantitative estimate of drug-likeness (QED) is 0.800. The highest BCUT2D eigenvalue weighted by Gasteiger charge is 2.39. The molecule has 0 aliphatic carbocycles. The van der Waals surface area contributed by atoms with Crippen LogP contribution in [0.1, 0.15) is 20.8 Å². The number of carbonyl (C=O) groups excluding carboxylic acids is 1. The van der Waals surface area contributed by atoms with Gasteiger partial charge in [0.2, 0.25) is 5.91 Å². The highest BCUT2D eigenvalue weighted by atomic mass is 32.2. The van der Waals surface area contributed by atoms with Crippen LogP contribution < -0.4 is 0 Å². The Hall–Kier alpha value is -0.760. The van der Waals surface area contributed by atoms with Crippen LogP contribution in [0.5, 0.6) is 0 Å². The third kappa shape index (κ3) is 3.66. The molecule has 6 nitrogen and oxygen atoms in total. The number of hydrogen-bond donors (Lipinski definition) is 1. The second-order valence-corrected chi connectivity index (χ2v) is 8.53. The average Bonchev–Trinajstić information content (AvgIpc) is 2.44. The standard InChI is InChI=1S/C12H21NO5S2/c1-4-20(17,18)10-7-19-6-5-13(10)11(14)8(2)9(3)12(15)16/h8-10H,4-7H2,1-3H3,(H,15,16). The van der Waals surface area contributed by atoms with Crippen molar-refractivity contribution in [3.63, 3.8) is 0 Å². The molecule has 0 saturated carbocycles. The summed E-state index contributed by atoms with van der Waals surface area (Å²) in [4.78, 5) is 24.7. The van der Waals surface area contributed by atoms with Gasteiger partial charge in [0.1, 0.15) is 5.37 Å². The molecule has 0 aromatic carbocycles. The fraction of sp³-hybridized carbons (Fsp3) is 0.833. The van der Waals surface area contributed by atoms with Crippen molar-refractivity contribution in [3.8, 4) is 0 Å². The van der Waals surface area contributed by atoms with Crippen molar-refractivity contribution in [2.45, 2.75) is 26.1 Å². The van der Waals surface area contributed by atoms with Gasteiger partial charge in [-0.05, 0) is 0 Å². The fourth-order valence-corrected chi connectivity index (χ4v) is 4.99. The number of amides is 1. The van der Waals surface area contributed by atoms with Gasteiger partial charge in [-0.3, -0.25) is 9.59 Å².